The van der Waals surface area contributed by atoms with Gasteiger partial charge in [0.25, 0.3) is 0 Å². The van der Waals surface area contributed by atoms with Gasteiger partial charge in [-0.1, -0.05) is 6.07 Å². The van der Waals surface area contributed by atoms with Gasteiger partial charge < -0.3 is 19.2 Å². The van der Waals surface area contributed by atoms with Crippen LogP contribution in [0.4, 0.5) is 4.79 Å². The Hall–Kier alpha value is -3.61. The fourth-order valence-corrected chi connectivity index (χ4v) is 2.98. The second kappa shape index (κ2) is 6.60. The summed E-state index contributed by atoms with van der Waals surface area (Å²) in [4.78, 5) is 23.8. The molecule has 0 bridgehead atoms. The Morgan fingerprint density at radius 1 is 1.04 bits per heavy atom. The van der Waals surface area contributed by atoms with Crippen molar-refractivity contribution in [3.8, 4) is 22.9 Å². The lowest BCUT2D eigenvalue weighted by Crippen LogP contribution is -2.06. The molecule has 2 aromatic carbocycles. The normalized spacial score (nSPS) is 10.9. The van der Waals surface area contributed by atoms with Crippen LogP contribution in [0, 0.1) is 6.92 Å². The van der Waals surface area contributed by atoms with Gasteiger partial charge in [0.05, 0.1) is 25.3 Å². The molecule has 4 aromatic rings. The topological polar surface area (TPSA) is 86.3 Å². The summed E-state index contributed by atoms with van der Waals surface area (Å²) in [6, 6.07) is 13.0. The van der Waals surface area contributed by atoms with E-state index >= 15 is 0 Å². The highest BCUT2D eigenvalue weighted by Crippen LogP contribution is 2.33. The number of H-pyrrole nitrogens is 1. The second-order valence-electron chi connectivity index (χ2n) is 5.98. The third kappa shape index (κ3) is 3.03. The third-order valence-corrected chi connectivity index (χ3v) is 4.26. The number of carbonyl (C=O) groups is 1. The van der Waals surface area contributed by atoms with E-state index in [0.29, 0.717) is 22.8 Å². The molecule has 0 atom stereocenters. The molecule has 7 heteroatoms. The number of ether oxygens (including phenoxy) is 3. The molecule has 0 saturated carbocycles. The summed E-state index contributed by atoms with van der Waals surface area (Å²) in [5.41, 5.74) is 4.10. The van der Waals surface area contributed by atoms with E-state index in [-0.39, 0.29) is 0 Å². The van der Waals surface area contributed by atoms with E-state index in [1.165, 1.54) is 7.11 Å². The summed E-state index contributed by atoms with van der Waals surface area (Å²) in [6.07, 6.45) is -0.771. The van der Waals surface area contributed by atoms with Crippen molar-refractivity contribution in [2.45, 2.75) is 6.92 Å². The first kappa shape index (κ1) is 16.8. The van der Waals surface area contributed by atoms with Crippen molar-refractivity contribution < 1.29 is 19.0 Å². The van der Waals surface area contributed by atoms with Crippen molar-refractivity contribution >= 4 is 28.1 Å². The van der Waals surface area contributed by atoms with Gasteiger partial charge in [0.2, 0.25) is 0 Å². The van der Waals surface area contributed by atoms with Crippen molar-refractivity contribution in [1.82, 2.24) is 15.0 Å². The standard InChI is InChI=1S/C20H17N3O4/c1-11-4-6-13-14(7-9-17(25-2)18(13)21-11)19-22-15-8-5-12(10-16(15)23-19)27-20(24)26-3/h4-10H,1-3H3,(H,22,23). The van der Waals surface area contributed by atoms with Crippen LogP contribution in [0.5, 0.6) is 11.5 Å². The minimum absolute atomic E-state index is 0.365. The summed E-state index contributed by atoms with van der Waals surface area (Å²) in [5, 5.41) is 0.935. The fourth-order valence-electron chi connectivity index (χ4n) is 2.98. The van der Waals surface area contributed by atoms with E-state index in [2.05, 4.69) is 19.7 Å². The predicted molar refractivity (Wildman–Crippen MR) is 101 cm³/mol. The number of fused-ring (bicyclic) bond motifs is 2. The molecule has 0 unspecified atom stereocenters. The Kier molecular flexibility index (Phi) is 4.12. The number of imidazole rings is 1. The van der Waals surface area contributed by atoms with E-state index < -0.39 is 6.16 Å². The molecule has 0 aliphatic carbocycles. The first-order valence-electron chi connectivity index (χ1n) is 8.29. The summed E-state index contributed by atoms with van der Waals surface area (Å²) in [6.45, 7) is 1.94. The summed E-state index contributed by atoms with van der Waals surface area (Å²) in [5.74, 6) is 1.77. The molecule has 2 heterocycles. The number of methoxy groups -OCH3 is 2. The molecule has 136 valence electrons. The lowest BCUT2D eigenvalue weighted by Gasteiger charge is -2.09. The second-order valence-corrected chi connectivity index (χ2v) is 5.98. The molecule has 2 aromatic heterocycles. The van der Waals surface area contributed by atoms with Crippen LogP contribution < -0.4 is 9.47 Å². The molecule has 0 aliphatic rings. The van der Waals surface area contributed by atoms with E-state index in [0.717, 1.165) is 27.7 Å². The van der Waals surface area contributed by atoms with Gasteiger partial charge in [-0.3, -0.25) is 0 Å². The molecule has 27 heavy (non-hydrogen) atoms. The van der Waals surface area contributed by atoms with Crippen LogP contribution in [0.25, 0.3) is 33.3 Å². The van der Waals surface area contributed by atoms with Gasteiger partial charge in [0, 0.05) is 22.7 Å². The molecule has 1 N–H and O–H groups in total. The lowest BCUT2D eigenvalue weighted by atomic mass is 10.1. The number of aromatic nitrogens is 3. The van der Waals surface area contributed by atoms with Crippen molar-refractivity contribution in [3.05, 3.63) is 48.2 Å². The first-order valence-corrected chi connectivity index (χ1v) is 8.29. The number of benzene rings is 2. The minimum atomic E-state index is -0.771. The van der Waals surface area contributed by atoms with Crippen molar-refractivity contribution in [2.24, 2.45) is 0 Å². The maximum Gasteiger partial charge on any atom is 0.513 e. The van der Waals surface area contributed by atoms with Crippen LogP contribution in [0.1, 0.15) is 5.69 Å². The van der Waals surface area contributed by atoms with Gasteiger partial charge in [-0.05, 0) is 37.3 Å². The average molecular weight is 363 g/mol. The number of hydrogen-bond acceptors (Lipinski definition) is 6. The number of aryl methyl sites for hydroxylation is 1. The Morgan fingerprint density at radius 3 is 2.67 bits per heavy atom. The third-order valence-electron chi connectivity index (χ3n) is 4.26. The van der Waals surface area contributed by atoms with Crippen molar-refractivity contribution in [1.29, 1.82) is 0 Å². The van der Waals surface area contributed by atoms with Crippen LogP contribution in [-0.2, 0) is 4.74 Å². The fraction of sp³-hybridized carbons (Fsp3) is 0.150. The van der Waals surface area contributed by atoms with Crippen LogP contribution in [0.15, 0.2) is 42.5 Å². The Morgan fingerprint density at radius 2 is 1.89 bits per heavy atom. The Balaban J connectivity index is 1.83. The number of nitrogens with one attached hydrogen (secondary N) is 1. The smallest absolute Gasteiger partial charge is 0.494 e. The van der Waals surface area contributed by atoms with Gasteiger partial charge in [0.1, 0.15) is 22.8 Å². The molecule has 0 aliphatic heterocycles. The number of carbonyl (C=O) groups excluding carboxylic acids is 1. The highest BCUT2D eigenvalue weighted by atomic mass is 16.7. The molecule has 0 radical (unpaired) electrons. The Bertz CT molecular complexity index is 1170. The molecule has 4 rings (SSSR count). The average Bonchev–Trinajstić information content (AvgIpc) is 3.09. The molecule has 0 fully saturated rings. The van der Waals surface area contributed by atoms with E-state index in [4.69, 9.17) is 9.47 Å². The van der Waals surface area contributed by atoms with Crippen LogP contribution >= 0.6 is 0 Å². The lowest BCUT2D eigenvalue weighted by molar-refractivity contribution is 0.121. The van der Waals surface area contributed by atoms with Gasteiger partial charge in [-0.15, -0.1) is 0 Å². The van der Waals surface area contributed by atoms with Crippen LogP contribution in [-0.4, -0.2) is 35.3 Å². The quantitative estimate of drug-likeness (QED) is 0.433. The maximum absolute atomic E-state index is 11.3. The number of hydrogen-bond donors (Lipinski definition) is 1. The van der Waals surface area contributed by atoms with Crippen LogP contribution in [0.3, 0.4) is 0 Å². The zero-order valence-electron chi connectivity index (χ0n) is 15.1. The van der Waals surface area contributed by atoms with Gasteiger partial charge in [-0.25, -0.2) is 14.8 Å². The van der Waals surface area contributed by atoms with Crippen LogP contribution in [0.2, 0.25) is 0 Å². The van der Waals surface area contributed by atoms with Crippen molar-refractivity contribution in [3.63, 3.8) is 0 Å². The largest absolute Gasteiger partial charge is 0.513 e. The molecular weight excluding hydrogens is 346 g/mol. The number of aromatic amines is 1. The van der Waals surface area contributed by atoms with E-state index in [9.17, 15) is 4.79 Å². The van der Waals surface area contributed by atoms with Gasteiger partial charge in [-0.2, -0.15) is 0 Å². The first-order chi connectivity index (χ1) is 13.1. The van der Waals surface area contributed by atoms with E-state index in [1.54, 1.807) is 25.3 Å². The highest BCUT2D eigenvalue weighted by molar-refractivity contribution is 5.98. The zero-order chi connectivity index (χ0) is 19.0. The maximum atomic E-state index is 11.3. The van der Waals surface area contributed by atoms with Crippen molar-refractivity contribution in [2.75, 3.05) is 14.2 Å². The zero-order valence-corrected chi connectivity index (χ0v) is 15.1. The predicted octanol–water partition coefficient (Wildman–Crippen LogP) is 4.24. The molecule has 7 nitrogen and oxygen atoms in total. The monoisotopic (exact) mass is 363 g/mol. The van der Waals surface area contributed by atoms with E-state index in [1.807, 2.05) is 31.2 Å². The number of nitrogens with zero attached hydrogens (tertiary/aromatic N) is 2. The van der Waals surface area contributed by atoms with Gasteiger partial charge >= 0.3 is 6.16 Å². The molecular formula is C20H17N3O4. The van der Waals surface area contributed by atoms with Gasteiger partial charge in [0.15, 0.2) is 0 Å². The molecule has 0 amide bonds. The summed E-state index contributed by atoms with van der Waals surface area (Å²) >= 11 is 0. The SMILES string of the molecule is COC(=O)Oc1ccc2[nH]c(-c3ccc(OC)c4nc(C)ccc34)nc2c1. The summed E-state index contributed by atoms with van der Waals surface area (Å²) in [7, 11) is 2.89. The minimum Gasteiger partial charge on any atom is -0.494 e. The Labute approximate surface area is 154 Å². The highest BCUT2D eigenvalue weighted by Gasteiger charge is 2.14. The molecule has 0 saturated heterocycles. The molecule has 0 spiro atoms. The number of pyridine rings is 1. The number of rotatable bonds is 3. The summed E-state index contributed by atoms with van der Waals surface area (Å²) < 4.78 is 15.0.